The number of hydrogen-bond acceptors (Lipinski definition) is 5. The van der Waals surface area contributed by atoms with Crippen molar-refractivity contribution in [2.24, 2.45) is 0 Å². The van der Waals surface area contributed by atoms with Crippen molar-refractivity contribution in [1.29, 1.82) is 0 Å². The van der Waals surface area contributed by atoms with Crippen molar-refractivity contribution < 1.29 is 19.5 Å². The number of nitrogens with zero attached hydrogens (tertiary/aromatic N) is 1. The summed E-state index contributed by atoms with van der Waals surface area (Å²) >= 11 is 6.47. The zero-order valence-corrected chi connectivity index (χ0v) is 17.4. The van der Waals surface area contributed by atoms with Gasteiger partial charge in [0.15, 0.2) is 0 Å². The number of carbonyl (C=O) groups excluding carboxylic acids is 2. The molecule has 0 spiro atoms. The first kappa shape index (κ1) is 21.5. The summed E-state index contributed by atoms with van der Waals surface area (Å²) in [6.45, 7) is 0.148. The van der Waals surface area contributed by atoms with Gasteiger partial charge in [0.2, 0.25) is 5.91 Å². The quantitative estimate of drug-likeness (QED) is 0.498. The summed E-state index contributed by atoms with van der Waals surface area (Å²) in [5, 5.41) is 11.7. The van der Waals surface area contributed by atoms with E-state index in [0.717, 1.165) is 5.56 Å². The molecule has 1 fully saturated rings. The Morgan fingerprint density at radius 1 is 1.13 bits per heavy atom. The third-order valence-corrected chi connectivity index (χ3v) is 5.56. The maximum absolute atomic E-state index is 12.6. The number of carboxylic acid groups (broad SMARTS) is 1. The van der Waals surface area contributed by atoms with Gasteiger partial charge in [-0.05, 0) is 29.8 Å². The zero-order valence-electron chi connectivity index (χ0n) is 15.8. The lowest BCUT2D eigenvalue weighted by atomic mass is 10.2. The first-order valence-corrected chi connectivity index (χ1v) is 10.3. The second kappa shape index (κ2) is 10.00. The van der Waals surface area contributed by atoms with E-state index in [4.69, 9.17) is 17.3 Å². The number of anilines is 1. The number of carboxylic acids is 1. The number of aromatic carboxylic acids is 1. The summed E-state index contributed by atoms with van der Waals surface area (Å²) in [5.74, 6) is -1.64. The lowest BCUT2D eigenvalue weighted by molar-refractivity contribution is -0.122. The molecular formula is C22H18N2O4S2. The monoisotopic (exact) mass is 438 g/mol. The first-order chi connectivity index (χ1) is 14.4. The SMILES string of the molecule is O=C(CCN1C(=O)/C(=C\C=C\c2ccccc2)SC1=S)Nc1cccc(C(=O)O)c1. The van der Waals surface area contributed by atoms with Crippen molar-refractivity contribution in [3.63, 3.8) is 0 Å². The van der Waals surface area contributed by atoms with Crippen molar-refractivity contribution in [2.75, 3.05) is 11.9 Å². The Labute approximate surface area is 183 Å². The summed E-state index contributed by atoms with van der Waals surface area (Å²) in [6, 6.07) is 15.7. The molecule has 1 aliphatic heterocycles. The molecular weight excluding hydrogens is 420 g/mol. The van der Waals surface area contributed by atoms with E-state index in [1.165, 1.54) is 28.8 Å². The van der Waals surface area contributed by atoms with E-state index in [1.54, 1.807) is 24.3 Å². The fraction of sp³-hybridized carbons (Fsp3) is 0.0909. The number of thioether (sulfide) groups is 1. The molecule has 0 radical (unpaired) electrons. The van der Waals surface area contributed by atoms with Crippen molar-refractivity contribution in [3.05, 3.63) is 82.8 Å². The second-order valence-corrected chi connectivity index (χ2v) is 7.99. The van der Waals surface area contributed by atoms with Gasteiger partial charge >= 0.3 is 5.97 Å². The fourth-order valence-corrected chi connectivity index (χ4v) is 3.94. The van der Waals surface area contributed by atoms with Crippen LogP contribution < -0.4 is 5.32 Å². The number of hydrogen-bond donors (Lipinski definition) is 2. The highest BCUT2D eigenvalue weighted by molar-refractivity contribution is 8.26. The third kappa shape index (κ3) is 5.65. The van der Waals surface area contributed by atoms with Gasteiger partial charge in [0, 0.05) is 18.7 Å². The Morgan fingerprint density at radius 3 is 2.63 bits per heavy atom. The summed E-state index contributed by atoms with van der Waals surface area (Å²) in [4.78, 5) is 37.7. The van der Waals surface area contributed by atoms with Crippen LogP contribution in [0.4, 0.5) is 5.69 Å². The molecule has 0 saturated carbocycles. The number of carbonyl (C=O) groups is 3. The Morgan fingerprint density at radius 2 is 1.90 bits per heavy atom. The molecule has 2 amide bonds. The van der Waals surface area contributed by atoms with Crippen LogP contribution in [-0.4, -0.2) is 38.7 Å². The van der Waals surface area contributed by atoms with Gasteiger partial charge in [0.05, 0.1) is 10.5 Å². The van der Waals surface area contributed by atoms with E-state index in [9.17, 15) is 14.4 Å². The van der Waals surface area contributed by atoms with E-state index in [1.807, 2.05) is 36.4 Å². The maximum atomic E-state index is 12.6. The Bertz CT molecular complexity index is 1050. The van der Waals surface area contributed by atoms with Gasteiger partial charge in [-0.15, -0.1) is 0 Å². The van der Waals surface area contributed by atoms with Crippen LogP contribution in [0.2, 0.25) is 0 Å². The Hall–Kier alpha value is -3.23. The van der Waals surface area contributed by atoms with Crippen molar-refractivity contribution in [2.45, 2.75) is 6.42 Å². The summed E-state index contributed by atoms with van der Waals surface area (Å²) in [6.07, 6.45) is 5.44. The van der Waals surface area contributed by atoms with E-state index < -0.39 is 5.97 Å². The summed E-state index contributed by atoms with van der Waals surface area (Å²) in [5.41, 5.74) is 1.49. The van der Waals surface area contributed by atoms with E-state index in [-0.39, 0.29) is 30.3 Å². The van der Waals surface area contributed by atoms with Gasteiger partial charge in [-0.1, -0.05) is 72.5 Å². The molecule has 0 atom stereocenters. The van der Waals surface area contributed by atoms with Crippen molar-refractivity contribution in [3.8, 4) is 0 Å². The highest BCUT2D eigenvalue weighted by atomic mass is 32.2. The van der Waals surface area contributed by atoms with Gasteiger partial charge in [-0.2, -0.15) is 0 Å². The van der Waals surface area contributed by atoms with E-state index in [2.05, 4.69) is 5.32 Å². The molecule has 3 rings (SSSR count). The normalized spacial score (nSPS) is 15.2. The minimum atomic E-state index is -1.07. The molecule has 0 aliphatic carbocycles. The number of nitrogens with one attached hydrogen (secondary N) is 1. The summed E-state index contributed by atoms with van der Waals surface area (Å²) in [7, 11) is 0. The molecule has 2 aromatic carbocycles. The second-order valence-electron chi connectivity index (χ2n) is 6.31. The lowest BCUT2D eigenvalue weighted by Crippen LogP contribution is -2.31. The van der Waals surface area contributed by atoms with Crippen molar-refractivity contribution in [1.82, 2.24) is 4.90 Å². The van der Waals surface area contributed by atoms with Crippen LogP contribution in [0.1, 0.15) is 22.3 Å². The number of amides is 2. The van der Waals surface area contributed by atoms with Gasteiger partial charge in [-0.3, -0.25) is 14.5 Å². The molecule has 30 heavy (non-hydrogen) atoms. The average Bonchev–Trinajstić information content (AvgIpc) is 3.00. The number of rotatable bonds is 7. The fourth-order valence-electron chi connectivity index (χ4n) is 2.68. The predicted octanol–water partition coefficient (Wildman–Crippen LogP) is 4.17. The number of thiocarbonyl (C=S) groups is 1. The molecule has 2 aromatic rings. The Kier molecular flexibility index (Phi) is 7.16. The largest absolute Gasteiger partial charge is 0.478 e. The molecule has 1 saturated heterocycles. The standard InChI is InChI=1S/C22H18N2O4S2/c25-19(23-17-10-5-9-16(14-17)21(27)28)12-13-24-20(26)18(30-22(24)29)11-4-8-15-6-2-1-3-7-15/h1-11,14H,12-13H2,(H,23,25)(H,27,28)/b8-4+,18-11+. The molecule has 152 valence electrons. The lowest BCUT2D eigenvalue weighted by Gasteiger charge is -2.14. The molecule has 8 heteroatoms. The van der Waals surface area contributed by atoms with Gasteiger partial charge in [-0.25, -0.2) is 4.79 Å². The maximum Gasteiger partial charge on any atom is 0.335 e. The highest BCUT2D eigenvalue weighted by Gasteiger charge is 2.31. The van der Waals surface area contributed by atoms with Gasteiger partial charge in [0.1, 0.15) is 4.32 Å². The predicted molar refractivity (Wildman–Crippen MR) is 122 cm³/mol. The minimum Gasteiger partial charge on any atom is -0.478 e. The molecule has 0 unspecified atom stereocenters. The van der Waals surface area contributed by atoms with Crippen LogP contribution in [0.3, 0.4) is 0 Å². The van der Waals surface area contributed by atoms with E-state index >= 15 is 0 Å². The third-order valence-electron chi connectivity index (χ3n) is 4.17. The van der Waals surface area contributed by atoms with Crippen LogP contribution in [-0.2, 0) is 9.59 Å². The number of allylic oxidation sites excluding steroid dienone is 2. The van der Waals surface area contributed by atoms with Crippen LogP contribution in [0.15, 0.2) is 71.7 Å². The molecule has 2 N–H and O–H groups in total. The topological polar surface area (TPSA) is 86.7 Å². The van der Waals surface area contributed by atoms with Gasteiger partial charge in [0.25, 0.3) is 5.91 Å². The minimum absolute atomic E-state index is 0.0386. The molecule has 1 heterocycles. The van der Waals surface area contributed by atoms with Crippen LogP contribution >= 0.6 is 24.0 Å². The molecule has 0 aromatic heterocycles. The molecule has 0 bridgehead atoms. The first-order valence-electron chi connectivity index (χ1n) is 9.04. The zero-order chi connectivity index (χ0) is 21.5. The van der Waals surface area contributed by atoms with Crippen LogP contribution in [0.25, 0.3) is 6.08 Å². The van der Waals surface area contributed by atoms with E-state index in [0.29, 0.717) is 14.9 Å². The number of benzene rings is 2. The molecule has 1 aliphatic rings. The smallest absolute Gasteiger partial charge is 0.335 e. The Balaban J connectivity index is 1.56. The highest BCUT2D eigenvalue weighted by Crippen LogP contribution is 2.31. The van der Waals surface area contributed by atoms with Crippen LogP contribution in [0, 0.1) is 0 Å². The van der Waals surface area contributed by atoms with Gasteiger partial charge < -0.3 is 10.4 Å². The molecule has 6 nitrogen and oxygen atoms in total. The van der Waals surface area contributed by atoms with Crippen molar-refractivity contribution >= 4 is 57.8 Å². The summed E-state index contributed by atoms with van der Waals surface area (Å²) < 4.78 is 0.403. The average molecular weight is 439 g/mol. The van der Waals surface area contributed by atoms with Crippen LogP contribution in [0.5, 0.6) is 0 Å².